The molecule has 2 aromatic rings. The maximum atomic E-state index is 13.7. The van der Waals surface area contributed by atoms with Crippen LogP contribution in [0.25, 0.3) is 0 Å². The molecule has 0 saturated carbocycles. The predicted molar refractivity (Wildman–Crippen MR) is 105 cm³/mol. The van der Waals surface area contributed by atoms with E-state index in [0.29, 0.717) is 18.4 Å². The lowest BCUT2D eigenvalue weighted by Crippen LogP contribution is -2.38. The number of sulfonamides is 1. The average Bonchev–Trinajstić information content (AvgIpc) is 2.66. The Labute approximate surface area is 174 Å². The number of hydrogen-bond acceptors (Lipinski definition) is 3. The van der Waals surface area contributed by atoms with Crippen LogP contribution < -0.4 is 5.14 Å². The molecule has 0 radical (unpaired) electrons. The molecule has 0 unspecified atom stereocenters. The first-order valence-electron chi connectivity index (χ1n) is 8.76. The SMILES string of the molecule is NS(=O)(=O)c1cccc(C2CCN(C(=O)c3ccc(Br)cc3)CC2)c1C(F)(F)F. The van der Waals surface area contributed by atoms with Crippen LogP contribution >= 0.6 is 15.9 Å². The van der Waals surface area contributed by atoms with Crippen LogP contribution in [-0.4, -0.2) is 32.3 Å². The van der Waals surface area contributed by atoms with E-state index in [2.05, 4.69) is 15.9 Å². The van der Waals surface area contributed by atoms with Crippen molar-refractivity contribution < 1.29 is 26.4 Å². The first kappa shape index (κ1) is 21.8. The van der Waals surface area contributed by atoms with Gasteiger partial charge in [0.15, 0.2) is 0 Å². The fraction of sp³-hybridized carbons (Fsp3) is 0.316. The molecule has 29 heavy (non-hydrogen) atoms. The molecular formula is C19H18BrF3N2O3S. The molecule has 0 spiro atoms. The maximum Gasteiger partial charge on any atom is 0.417 e. The minimum Gasteiger partial charge on any atom is -0.339 e. The Morgan fingerprint density at radius 1 is 1.07 bits per heavy atom. The van der Waals surface area contributed by atoms with Gasteiger partial charge in [-0.05, 0) is 54.7 Å². The van der Waals surface area contributed by atoms with Crippen molar-refractivity contribution in [2.75, 3.05) is 13.1 Å². The first-order chi connectivity index (χ1) is 13.5. The lowest BCUT2D eigenvalue weighted by atomic mass is 9.86. The summed E-state index contributed by atoms with van der Waals surface area (Å²) in [5.41, 5.74) is -0.807. The van der Waals surface area contributed by atoms with Gasteiger partial charge in [-0.1, -0.05) is 28.1 Å². The fourth-order valence-corrected chi connectivity index (χ4v) is 4.65. The van der Waals surface area contributed by atoms with Crippen molar-refractivity contribution >= 4 is 31.9 Å². The Morgan fingerprint density at radius 3 is 2.17 bits per heavy atom. The number of alkyl halides is 3. The number of piperidine rings is 1. The van der Waals surface area contributed by atoms with Crippen molar-refractivity contribution in [2.45, 2.75) is 29.8 Å². The molecule has 1 aliphatic rings. The van der Waals surface area contributed by atoms with Gasteiger partial charge in [0, 0.05) is 23.1 Å². The molecule has 2 aromatic carbocycles. The number of hydrogen-bond donors (Lipinski definition) is 1. The Bertz CT molecular complexity index is 1020. The highest BCUT2D eigenvalue weighted by atomic mass is 79.9. The van der Waals surface area contributed by atoms with Crippen LogP contribution in [0.3, 0.4) is 0 Å². The second-order valence-electron chi connectivity index (χ2n) is 6.84. The Hall–Kier alpha value is -1.91. The van der Waals surface area contributed by atoms with Gasteiger partial charge in [0.2, 0.25) is 10.0 Å². The monoisotopic (exact) mass is 490 g/mol. The molecule has 156 valence electrons. The van der Waals surface area contributed by atoms with Crippen LogP contribution in [0.5, 0.6) is 0 Å². The number of rotatable bonds is 3. The molecule has 0 atom stereocenters. The number of likely N-dealkylation sites (tertiary alicyclic amines) is 1. The number of amides is 1. The number of nitrogens with zero attached hydrogens (tertiary/aromatic N) is 1. The van der Waals surface area contributed by atoms with Gasteiger partial charge in [0.05, 0.1) is 10.5 Å². The van der Waals surface area contributed by atoms with Crippen molar-refractivity contribution in [2.24, 2.45) is 5.14 Å². The van der Waals surface area contributed by atoms with Crippen molar-refractivity contribution in [1.29, 1.82) is 0 Å². The zero-order valence-corrected chi connectivity index (χ0v) is 17.5. The average molecular weight is 491 g/mol. The van der Waals surface area contributed by atoms with Gasteiger partial charge in [0.1, 0.15) is 0 Å². The number of carbonyl (C=O) groups is 1. The highest BCUT2D eigenvalue weighted by molar-refractivity contribution is 9.10. The summed E-state index contributed by atoms with van der Waals surface area (Å²) in [6.07, 6.45) is -4.28. The predicted octanol–water partition coefficient (Wildman–Crippen LogP) is 4.14. The van der Waals surface area contributed by atoms with Crippen LogP contribution in [0.15, 0.2) is 51.8 Å². The van der Waals surface area contributed by atoms with E-state index < -0.39 is 32.6 Å². The minimum atomic E-state index is -4.86. The third-order valence-electron chi connectivity index (χ3n) is 4.96. The van der Waals surface area contributed by atoms with Crippen molar-refractivity contribution in [1.82, 2.24) is 4.90 Å². The Kier molecular flexibility index (Phi) is 6.07. The highest BCUT2D eigenvalue weighted by Gasteiger charge is 2.41. The maximum absolute atomic E-state index is 13.7. The zero-order valence-electron chi connectivity index (χ0n) is 15.1. The van der Waals surface area contributed by atoms with Crippen LogP contribution in [-0.2, 0) is 16.2 Å². The van der Waals surface area contributed by atoms with E-state index in [1.54, 1.807) is 29.2 Å². The van der Waals surface area contributed by atoms with E-state index in [1.165, 1.54) is 12.1 Å². The lowest BCUT2D eigenvalue weighted by molar-refractivity contribution is -0.140. The summed E-state index contributed by atoms with van der Waals surface area (Å²) < 4.78 is 65.2. The van der Waals surface area contributed by atoms with Crippen molar-refractivity contribution in [3.63, 3.8) is 0 Å². The van der Waals surface area contributed by atoms with Crippen LogP contribution in [0.4, 0.5) is 13.2 Å². The van der Waals surface area contributed by atoms with E-state index in [-0.39, 0.29) is 24.6 Å². The summed E-state index contributed by atoms with van der Waals surface area (Å²) in [4.78, 5) is 13.3. The number of benzene rings is 2. The molecule has 10 heteroatoms. The number of halogens is 4. The van der Waals surface area contributed by atoms with Crippen LogP contribution in [0, 0.1) is 0 Å². The van der Waals surface area contributed by atoms with Gasteiger partial charge < -0.3 is 4.90 Å². The van der Waals surface area contributed by atoms with Crippen LogP contribution in [0.1, 0.15) is 40.2 Å². The third-order valence-corrected chi connectivity index (χ3v) is 6.44. The van der Waals surface area contributed by atoms with Gasteiger partial charge in [-0.25, -0.2) is 13.6 Å². The topological polar surface area (TPSA) is 80.5 Å². The molecule has 0 bridgehead atoms. The minimum absolute atomic E-state index is 0.0974. The molecule has 1 saturated heterocycles. The summed E-state index contributed by atoms with van der Waals surface area (Å²) in [7, 11) is -4.53. The van der Waals surface area contributed by atoms with E-state index in [0.717, 1.165) is 10.5 Å². The fourth-order valence-electron chi connectivity index (χ4n) is 3.60. The van der Waals surface area contributed by atoms with Crippen molar-refractivity contribution in [3.05, 3.63) is 63.6 Å². The number of primary sulfonamides is 1. The van der Waals surface area contributed by atoms with Gasteiger partial charge in [-0.3, -0.25) is 4.79 Å². The quantitative estimate of drug-likeness (QED) is 0.701. The molecular weight excluding hydrogens is 473 g/mol. The second-order valence-corrected chi connectivity index (χ2v) is 9.28. The molecule has 0 aromatic heterocycles. The summed E-state index contributed by atoms with van der Waals surface area (Å²) in [5.74, 6) is -0.715. The van der Waals surface area contributed by atoms with E-state index in [4.69, 9.17) is 5.14 Å². The van der Waals surface area contributed by atoms with Gasteiger partial charge in [-0.2, -0.15) is 13.2 Å². The van der Waals surface area contributed by atoms with Gasteiger partial charge in [-0.15, -0.1) is 0 Å². The molecule has 1 aliphatic heterocycles. The Balaban J connectivity index is 1.84. The molecule has 1 heterocycles. The van der Waals surface area contributed by atoms with Crippen molar-refractivity contribution in [3.8, 4) is 0 Å². The van der Waals surface area contributed by atoms with E-state index in [9.17, 15) is 26.4 Å². The smallest absolute Gasteiger partial charge is 0.339 e. The van der Waals surface area contributed by atoms with Gasteiger partial charge >= 0.3 is 6.18 Å². The number of nitrogens with two attached hydrogens (primary N) is 1. The largest absolute Gasteiger partial charge is 0.417 e. The summed E-state index contributed by atoms with van der Waals surface area (Å²) >= 11 is 3.30. The van der Waals surface area contributed by atoms with E-state index >= 15 is 0 Å². The molecule has 2 N–H and O–H groups in total. The summed E-state index contributed by atoms with van der Waals surface area (Å²) in [6.45, 7) is 0.549. The normalized spacial score (nSPS) is 16.1. The molecule has 5 nitrogen and oxygen atoms in total. The standard InChI is InChI=1S/C19H18BrF3N2O3S/c20-14-6-4-13(5-7-14)18(26)25-10-8-12(9-11-25)15-2-1-3-16(29(24,27)28)17(15)19(21,22)23/h1-7,12H,8-11H2,(H2,24,27,28). The Morgan fingerprint density at radius 2 is 1.66 bits per heavy atom. The van der Waals surface area contributed by atoms with E-state index in [1.807, 2.05) is 0 Å². The molecule has 3 rings (SSSR count). The van der Waals surface area contributed by atoms with Crippen LogP contribution in [0.2, 0.25) is 0 Å². The molecule has 1 amide bonds. The third kappa shape index (κ3) is 4.81. The lowest BCUT2D eigenvalue weighted by Gasteiger charge is -2.33. The molecule has 1 fully saturated rings. The summed E-state index contributed by atoms with van der Waals surface area (Å²) in [6, 6.07) is 10.3. The first-order valence-corrected chi connectivity index (χ1v) is 11.1. The highest BCUT2D eigenvalue weighted by Crippen LogP contribution is 2.42. The van der Waals surface area contributed by atoms with Gasteiger partial charge in [0.25, 0.3) is 5.91 Å². The molecule has 0 aliphatic carbocycles. The summed E-state index contributed by atoms with van der Waals surface area (Å²) in [5, 5.41) is 5.01. The zero-order chi connectivity index (χ0) is 21.4. The number of carbonyl (C=O) groups excluding carboxylic acids is 1. The second kappa shape index (κ2) is 8.08.